The summed E-state index contributed by atoms with van der Waals surface area (Å²) in [7, 11) is 0. The van der Waals surface area contributed by atoms with Crippen LogP contribution in [-0.2, 0) is 0 Å². The van der Waals surface area contributed by atoms with Crippen molar-refractivity contribution < 1.29 is 14.7 Å². The van der Waals surface area contributed by atoms with Gasteiger partial charge in [-0.25, -0.2) is 4.79 Å². The third-order valence-corrected chi connectivity index (χ3v) is 1.24. The van der Waals surface area contributed by atoms with E-state index in [1.54, 1.807) is 12.1 Å². The van der Waals surface area contributed by atoms with Crippen molar-refractivity contribution in [1.29, 1.82) is 0 Å². The van der Waals surface area contributed by atoms with Gasteiger partial charge in [-0.3, -0.25) is 0 Å². The molecule has 12 heavy (non-hydrogen) atoms. The Morgan fingerprint density at radius 2 is 2.00 bits per heavy atom. The van der Waals surface area contributed by atoms with E-state index in [9.17, 15) is 4.79 Å². The van der Waals surface area contributed by atoms with Gasteiger partial charge in [-0.15, -0.1) is 0 Å². The number of nitrogens with two attached hydrogens (primary N) is 1. The van der Waals surface area contributed by atoms with Crippen molar-refractivity contribution in [2.45, 2.75) is 0 Å². The minimum atomic E-state index is -1.05. The predicted molar refractivity (Wildman–Crippen MR) is 45.4 cm³/mol. The first kappa shape index (κ1) is 11.4. The van der Waals surface area contributed by atoms with Crippen LogP contribution >= 0.6 is 0 Å². The number of hydrogen-bond donors (Lipinski definition) is 2. The van der Waals surface area contributed by atoms with Crippen LogP contribution in [0.5, 0.6) is 5.75 Å². The van der Waals surface area contributed by atoms with Gasteiger partial charge in [-0.1, -0.05) is 12.1 Å². The van der Waals surface area contributed by atoms with E-state index in [-0.39, 0.29) is 40.9 Å². The standard InChI is InChI=1S/C7H7NO3.Na.H/c8-11-6-4-2-1-3-5(6)7(9)10;;/h1-4H,8H2,(H,9,10);;. The molecule has 0 fully saturated rings. The van der Waals surface area contributed by atoms with Crippen LogP contribution in [0.25, 0.3) is 0 Å². The van der Waals surface area contributed by atoms with Crippen LogP contribution in [0.15, 0.2) is 24.3 Å². The molecule has 0 saturated carbocycles. The molecule has 0 unspecified atom stereocenters. The Kier molecular flexibility index (Phi) is 4.92. The van der Waals surface area contributed by atoms with E-state index < -0.39 is 5.97 Å². The SMILES string of the molecule is NOc1ccccc1C(=O)O.[NaH]. The van der Waals surface area contributed by atoms with Gasteiger partial charge in [0.05, 0.1) is 0 Å². The predicted octanol–water partition coefficient (Wildman–Crippen LogP) is -0.0112. The van der Waals surface area contributed by atoms with Gasteiger partial charge in [0.15, 0.2) is 5.75 Å². The van der Waals surface area contributed by atoms with Gasteiger partial charge in [0.25, 0.3) is 0 Å². The third-order valence-electron chi connectivity index (χ3n) is 1.24. The molecular formula is C7H8NNaO3. The molecule has 1 aromatic rings. The summed E-state index contributed by atoms with van der Waals surface area (Å²) in [5, 5.41) is 8.56. The average molecular weight is 177 g/mol. The van der Waals surface area contributed by atoms with E-state index in [1.807, 2.05) is 0 Å². The summed E-state index contributed by atoms with van der Waals surface area (Å²) in [5.41, 5.74) is 0.0648. The molecule has 0 spiro atoms. The number of carbonyl (C=O) groups is 1. The van der Waals surface area contributed by atoms with E-state index in [0.717, 1.165) is 0 Å². The van der Waals surface area contributed by atoms with Crippen molar-refractivity contribution in [3.63, 3.8) is 0 Å². The van der Waals surface area contributed by atoms with Crippen molar-refractivity contribution in [2.24, 2.45) is 5.90 Å². The fourth-order valence-corrected chi connectivity index (χ4v) is 0.746. The summed E-state index contributed by atoms with van der Waals surface area (Å²) in [4.78, 5) is 14.8. The Bertz CT molecular complexity index is 277. The fraction of sp³-hybridized carbons (Fsp3) is 0. The maximum absolute atomic E-state index is 10.4. The van der Waals surface area contributed by atoms with Crippen LogP contribution in [0, 0.1) is 0 Å². The summed E-state index contributed by atoms with van der Waals surface area (Å²) < 4.78 is 0. The Morgan fingerprint density at radius 3 is 2.42 bits per heavy atom. The minimum absolute atomic E-state index is 0. The molecule has 1 rings (SSSR count). The molecule has 0 aliphatic carbocycles. The van der Waals surface area contributed by atoms with Crippen LogP contribution in [0.3, 0.4) is 0 Å². The Morgan fingerprint density at radius 1 is 1.42 bits per heavy atom. The first-order valence-electron chi connectivity index (χ1n) is 2.94. The van der Waals surface area contributed by atoms with Gasteiger partial charge in [0.1, 0.15) is 5.56 Å². The van der Waals surface area contributed by atoms with Crippen LogP contribution in [0.2, 0.25) is 0 Å². The van der Waals surface area contributed by atoms with Crippen molar-refractivity contribution in [3.05, 3.63) is 29.8 Å². The Labute approximate surface area is 91.6 Å². The van der Waals surface area contributed by atoms with Gasteiger partial charge in [0, 0.05) is 0 Å². The van der Waals surface area contributed by atoms with E-state index in [0.29, 0.717) is 0 Å². The molecule has 60 valence electrons. The van der Waals surface area contributed by atoms with Crippen LogP contribution < -0.4 is 10.7 Å². The van der Waals surface area contributed by atoms with Crippen LogP contribution in [-0.4, -0.2) is 40.6 Å². The topological polar surface area (TPSA) is 72.5 Å². The zero-order valence-electron chi connectivity index (χ0n) is 5.65. The average Bonchev–Trinajstić information content (AvgIpc) is 2.04. The second-order valence-electron chi connectivity index (χ2n) is 1.92. The maximum atomic E-state index is 10.4. The molecule has 0 aliphatic rings. The number of benzene rings is 1. The molecule has 0 bridgehead atoms. The normalized spacial score (nSPS) is 8.42. The molecule has 0 radical (unpaired) electrons. The van der Waals surface area contributed by atoms with Crippen molar-refractivity contribution in [1.82, 2.24) is 0 Å². The molecule has 4 nitrogen and oxygen atoms in total. The summed E-state index contributed by atoms with van der Waals surface area (Å²) in [6.45, 7) is 0. The summed E-state index contributed by atoms with van der Waals surface area (Å²) in [6, 6.07) is 6.16. The van der Waals surface area contributed by atoms with Gasteiger partial charge >= 0.3 is 35.5 Å². The molecule has 0 heterocycles. The van der Waals surface area contributed by atoms with Crippen molar-refractivity contribution in [3.8, 4) is 5.75 Å². The molecule has 0 aliphatic heterocycles. The number of rotatable bonds is 2. The molecule has 0 aromatic heterocycles. The first-order chi connectivity index (χ1) is 5.25. The van der Waals surface area contributed by atoms with Gasteiger partial charge in [-0.05, 0) is 12.1 Å². The van der Waals surface area contributed by atoms with Crippen molar-refractivity contribution >= 4 is 35.5 Å². The quantitative estimate of drug-likeness (QED) is 0.492. The molecule has 1 aromatic carbocycles. The van der Waals surface area contributed by atoms with Crippen LogP contribution in [0.4, 0.5) is 0 Å². The first-order valence-corrected chi connectivity index (χ1v) is 2.94. The zero-order valence-corrected chi connectivity index (χ0v) is 5.65. The van der Waals surface area contributed by atoms with E-state index in [4.69, 9.17) is 11.0 Å². The summed E-state index contributed by atoms with van der Waals surface area (Å²) in [5.74, 6) is 3.94. The van der Waals surface area contributed by atoms with Gasteiger partial charge in [0.2, 0.25) is 0 Å². The molecule has 3 N–H and O–H groups in total. The fourth-order valence-electron chi connectivity index (χ4n) is 0.746. The van der Waals surface area contributed by atoms with Crippen LogP contribution in [0.1, 0.15) is 10.4 Å². The number of para-hydroxylation sites is 1. The number of aromatic carboxylic acids is 1. The number of hydrogen-bond acceptors (Lipinski definition) is 3. The van der Waals surface area contributed by atoms with Crippen molar-refractivity contribution in [2.75, 3.05) is 0 Å². The number of carboxylic acid groups (broad SMARTS) is 1. The Hall–Kier alpha value is -0.550. The van der Waals surface area contributed by atoms with E-state index >= 15 is 0 Å². The molecule has 0 atom stereocenters. The second kappa shape index (κ2) is 5.16. The van der Waals surface area contributed by atoms with E-state index in [2.05, 4.69) is 4.84 Å². The molecular weight excluding hydrogens is 169 g/mol. The third kappa shape index (κ3) is 2.49. The molecule has 0 amide bonds. The Balaban J connectivity index is 0.00000121. The van der Waals surface area contributed by atoms with Gasteiger partial charge in [-0.2, -0.15) is 5.90 Å². The summed E-state index contributed by atoms with van der Waals surface area (Å²) in [6.07, 6.45) is 0. The molecule has 5 heteroatoms. The number of carboxylic acids is 1. The second-order valence-corrected chi connectivity index (χ2v) is 1.92. The van der Waals surface area contributed by atoms with E-state index in [1.165, 1.54) is 12.1 Å². The molecule has 0 saturated heterocycles. The monoisotopic (exact) mass is 177 g/mol. The summed E-state index contributed by atoms with van der Waals surface area (Å²) >= 11 is 0. The van der Waals surface area contributed by atoms with Gasteiger partial charge < -0.3 is 9.94 Å². The zero-order chi connectivity index (χ0) is 8.27.